The number of phenolic OH excluding ortho intramolecular Hbond substituents is 1. The van der Waals surface area contributed by atoms with Crippen LogP contribution in [0, 0.1) is 0 Å². The van der Waals surface area contributed by atoms with Crippen molar-refractivity contribution in [1.29, 1.82) is 0 Å². The van der Waals surface area contributed by atoms with Gasteiger partial charge in [-0.1, -0.05) is 29.8 Å². The van der Waals surface area contributed by atoms with Gasteiger partial charge in [0.05, 0.1) is 21.8 Å². The van der Waals surface area contributed by atoms with Gasteiger partial charge in [0, 0.05) is 10.7 Å². The van der Waals surface area contributed by atoms with Gasteiger partial charge in [0.15, 0.2) is 0 Å². The van der Waals surface area contributed by atoms with Gasteiger partial charge in [0.2, 0.25) is 0 Å². The number of hydrogen-bond donors (Lipinski definition) is 4. The molecule has 0 radical (unpaired) electrons. The molecule has 3 aromatic rings. The molecule has 3 rings (SSSR count). The Bertz CT molecular complexity index is 1150. The molecule has 0 heterocycles. The Labute approximate surface area is 166 Å². The number of para-hydroxylation sites is 1. The number of anilines is 3. The zero-order valence-electron chi connectivity index (χ0n) is 14.4. The van der Waals surface area contributed by atoms with Crippen LogP contribution in [-0.4, -0.2) is 19.4 Å². The molecule has 5 N–H and O–H groups in total. The topological polar surface area (TPSA) is 122 Å². The minimum absolute atomic E-state index is 0.0674. The lowest BCUT2D eigenvalue weighted by Gasteiger charge is -2.12. The molecule has 0 aromatic heterocycles. The van der Waals surface area contributed by atoms with Crippen molar-refractivity contribution in [2.24, 2.45) is 0 Å². The Hall–Kier alpha value is -3.23. The zero-order valence-corrected chi connectivity index (χ0v) is 16.0. The van der Waals surface area contributed by atoms with Crippen LogP contribution in [0.1, 0.15) is 10.4 Å². The predicted molar refractivity (Wildman–Crippen MR) is 109 cm³/mol. The predicted octanol–water partition coefficient (Wildman–Crippen LogP) is 3.68. The number of aromatic hydroxyl groups is 1. The molecule has 0 bridgehead atoms. The molecule has 0 fully saturated rings. The molecular formula is C19H16ClN3O4S. The first-order valence-electron chi connectivity index (χ1n) is 8.03. The fourth-order valence-electron chi connectivity index (χ4n) is 2.44. The summed E-state index contributed by atoms with van der Waals surface area (Å²) in [4.78, 5) is 12.2. The minimum Gasteiger partial charge on any atom is -0.506 e. The molecule has 0 aliphatic carbocycles. The van der Waals surface area contributed by atoms with Crippen molar-refractivity contribution in [2.45, 2.75) is 4.90 Å². The third-order valence-corrected chi connectivity index (χ3v) is 5.42. The largest absolute Gasteiger partial charge is 0.506 e. The highest BCUT2D eigenvalue weighted by atomic mass is 35.5. The monoisotopic (exact) mass is 417 g/mol. The third kappa shape index (κ3) is 4.36. The molecule has 0 saturated heterocycles. The quantitative estimate of drug-likeness (QED) is 0.372. The summed E-state index contributed by atoms with van der Waals surface area (Å²) in [5.74, 6) is -0.865. The Morgan fingerprint density at radius 2 is 1.75 bits per heavy atom. The van der Waals surface area contributed by atoms with Crippen LogP contribution in [0.15, 0.2) is 71.6 Å². The van der Waals surface area contributed by atoms with Crippen molar-refractivity contribution in [3.63, 3.8) is 0 Å². The van der Waals surface area contributed by atoms with Gasteiger partial charge in [0.25, 0.3) is 15.9 Å². The van der Waals surface area contributed by atoms with Crippen LogP contribution in [0.2, 0.25) is 5.02 Å². The molecule has 9 heteroatoms. The summed E-state index contributed by atoms with van der Waals surface area (Å²) >= 11 is 5.87. The number of nitrogen functional groups attached to an aromatic ring is 1. The second kappa shape index (κ2) is 7.79. The molecule has 144 valence electrons. The van der Waals surface area contributed by atoms with Gasteiger partial charge < -0.3 is 16.2 Å². The van der Waals surface area contributed by atoms with Crippen LogP contribution in [0.3, 0.4) is 0 Å². The summed E-state index contributed by atoms with van der Waals surface area (Å²) in [6.07, 6.45) is 0. The van der Waals surface area contributed by atoms with E-state index in [2.05, 4.69) is 10.0 Å². The summed E-state index contributed by atoms with van der Waals surface area (Å²) in [6.45, 7) is 0. The van der Waals surface area contributed by atoms with E-state index in [1.165, 1.54) is 24.3 Å². The van der Waals surface area contributed by atoms with E-state index in [9.17, 15) is 18.3 Å². The number of amides is 1. The second-order valence-corrected chi connectivity index (χ2v) is 7.96. The van der Waals surface area contributed by atoms with Gasteiger partial charge >= 0.3 is 0 Å². The number of carbonyl (C=O) groups is 1. The molecule has 0 atom stereocenters. The molecule has 0 unspecified atom stereocenters. The fourth-order valence-corrected chi connectivity index (χ4v) is 3.71. The number of phenols is 1. The van der Waals surface area contributed by atoms with Gasteiger partial charge in [-0.25, -0.2) is 8.42 Å². The maximum Gasteiger partial charge on any atom is 0.261 e. The summed E-state index contributed by atoms with van der Waals surface area (Å²) in [5.41, 5.74) is 6.44. The molecule has 0 aliphatic heterocycles. The van der Waals surface area contributed by atoms with Crippen LogP contribution >= 0.6 is 11.6 Å². The SMILES string of the molecule is Nc1ccccc1C(=O)Nc1cc(S(=O)(=O)Nc2cccc(Cl)c2)ccc1O. The number of nitrogens with one attached hydrogen (secondary N) is 2. The van der Waals surface area contributed by atoms with E-state index in [0.29, 0.717) is 5.02 Å². The first-order valence-corrected chi connectivity index (χ1v) is 9.89. The smallest absolute Gasteiger partial charge is 0.261 e. The first kappa shape index (κ1) is 19.5. The Kier molecular flexibility index (Phi) is 5.43. The summed E-state index contributed by atoms with van der Waals surface area (Å²) in [6, 6.07) is 16.2. The van der Waals surface area contributed by atoms with Crippen molar-refractivity contribution < 1.29 is 18.3 Å². The molecule has 0 spiro atoms. The van der Waals surface area contributed by atoms with E-state index in [1.807, 2.05) is 0 Å². The third-order valence-electron chi connectivity index (χ3n) is 3.81. The number of hydrogen-bond acceptors (Lipinski definition) is 5. The fraction of sp³-hybridized carbons (Fsp3) is 0. The Morgan fingerprint density at radius 3 is 2.46 bits per heavy atom. The Balaban J connectivity index is 1.88. The maximum atomic E-state index is 12.6. The highest BCUT2D eigenvalue weighted by Crippen LogP contribution is 2.28. The summed E-state index contributed by atoms with van der Waals surface area (Å²) < 4.78 is 27.6. The van der Waals surface area contributed by atoms with Gasteiger partial charge in [-0.2, -0.15) is 0 Å². The number of carbonyl (C=O) groups excluding carboxylic acids is 1. The molecule has 3 aromatic carbocycles. The van der Waals surface area contributed by atoms with Gasteiger partial charge in [-0.3, -0.25) is 9.52 Å². The lowest BCUT2D eigenvalue weighted by Crippen LogP contribution is -2.16. The molecule has 28 heavy (non-hydrogen) atoms. The minimum atomic E-state index is -3.97. The number of rotatable bonds is 5. The summed E-state index contributed by atoms with van der Waals surface area (Å²) in [5, 5.41) is 12.9. The maximum absolute atomic E-state index is 12.6. The van der Waals surface area contributed by atoms with Crippen LogP contribution < -0.4 is 15.8 Å². The molecule has 0 saturated carbocycles. The van der Waals surface area contributed by atoms with E-state index in [-0.39, 0.29) is 33.3 Å². The highest BCUT2D eigenvalue weighted by Gasteiger charge is 2.18. The van der Waals surface area contributed by atoms with Gasteiger partial charge in [-0.15, -0.1) is 0 Å². The van der Waals surface area contributed by atoms with Crippen molar-refractivity contribution in [2.75, 3.05) is 15.8 Å². The van der Waals surface area contributed by atoms with E-state index >= 15 is 0 Å². The normalized spacial score (nSPS) is 11.0. The first-order chi connectivity index (χ1) is 13.3. The number of benzene rings is 3. The van der Waals surface area contributed by atoms with Gasteiger partial charge in [0.1, 0.15) is 5.75 Å². The standard InChI is InChI=1S/C19H16ClN3O4S/c20-12-4-3-5-13(10-12)23-28(26,27)14-8-9-18(24)17(11-14)22-19(25)15-6-1-2-7-16(15)21/h1-11,23-24H,21H2,(H,22,25). The van der Waals surface area contributed by atoms with E-state index < -0.39 is 15.9 Å². The second-order valence-electron chi connectivity index (χ2n) is 5.84. The van der Waals surface area contributed by atoms with Gasteiger partial charge in [-0.05, 0) is 48.5 Å². The zero-order chi connectivity index (χ0) is 20.3. The number of nitrogens with two attached hydrogens (primary N) is 1. The number of halogens is 1. The molecule has 1 amide bonds. The van der Waals surface area contributed by atoms with Crippen molar-refractivity contribution in [1.82, 2.24) is 0 Å². The van der Waals surface area contributed by atoms with Crippen LogP contribution in [0.4, 0.5) is 17.1 Å². The van der Waals surface area contributed by atoms with E-state index in [1.54, 1.807) is 36.4 Å². The van der Waals surface area contributed by atoms with Crippen LogP contribution in [-0.2, 0) is 10.0 Å². The average molecular weight is 418 g/mol. The average Bonchev–Trinajstić information content (AvgIpc) is 2.63. The van der Waals surface area contributed by atoms with Crippen molar-refractivity contribution in [3.8, 4) is 5.75 Å². The molecule has 0 aliphatic rings. The van der Waals surface area contributed by atoms with E-state index in [4.69, 9.17) is 17.3 Å². The van der Waals surface area contributed by atoms with Crippen molar-refractivity contribution >= 4 is 44.6 Å². The van der Waals surface area contributed by atoms with E-state index in [0.717, 1.165) is 6.07 Å². The van der Waals surface area contributed by atoms with Crippen LogP contribution in [0.5, 0.6) is 5.75 Å². The highest BCUT2D eigenvalue weighted by molar-refractivity contribution is 7.92. The molecule has 7 nitrogen and oxygen atoms in total. The van der Waals surface area contributed by atoms with Crippen molar-refractivity contribution in [3.05, 3.63) is 77.3 Å². The lowest BCUT2D eigenvalue weighted by molar-refractivity contribution is 0.102. The summed E-state index contributed by atoms with van der Waals surface area (Å²) in [7, 11) is -3.97. The Morgan fingerprint density at radius 1 is 1.00 bits per heavy atom. The number of sulfonamides is 1. The molecular weight excluding hydrogens is 402 g/mol. The van der Waals surface area contributed by atoms with Crippen LogP contribution in [0.25, 0.3) is 0 Å². The lowest BCUT2D eigenvalue weighted by atomic mass is 10.1.